The van der Waals surface area contributed by atoms with Crippen molar-refractivity contribution in [3.05, 3.63) is 20.6 Å². The number of likely N-dealkylation sites (tertiary alicyclic amines) is 1. The molecule has 1 aliphatic carbocycles. The monoisotopic (exact) mass is 404 g/mol. The molecule has 0 aromatic carbocycles. The van der Waals surface area contributed by atoms with Crippen molar-refractivity contribution >= 4 is 34.5 Å². The second-order valence-electron chi connectivity index (χ2n) is 8.25. The molecule has 2 N–H and O–H groups in total. The van der Waals surface area contributed by atoms with E-state index in [4.69, 9.17) is 15.7 Å². The van der Waals surface area contributed by atoms with Gasteiger partial charge < -0.3 is 10.6 Å². The summed E-state index contributed by atoms with van der Waals surface area (Å²) in [6.07, 6.45) is 3.57. The second kappa shape index (κ2) is 6.67. The average Bonchev–Trinajstić information content (AvgIpc) is 3.30. The number of primary amides is 1. The Hall–Kier alpha value is -1.80. The van der Waals surface area contributed by atoms with Gasteiger partial charge in [-0.25, -0.2) is 9.97 Å². The van der Waals surface area contributed by atoms with E-state index in [0.717, 1.165) is 45.5 Å². The number of hydrogen-bond donors (Lipinski definition) is 1. The van der Waals surface area contributed by atoms with Crippen LogP contribution in [-0.2, 0) is 34.3 Å². The van der Waals surface area contributed by atoms with Gasteiger partial charge in [-0.3, -0.25) is 9.59 Å². The smallest absolute Gasteiger partial charge is 0.240 e. The number of amides is 2. The number of rotatable bonds is 3. The van der Waals surface area contributed by atoms with E-state index in [-0.39, 0.29) is 17.7 Å². The van der Waals surface area contributed by atoms with Crippen LogP contribution in [0.25, 0.3) is 10.6 Å². The van der Waals surface area contributed by atoms with Crippen molar-refractivity contribution in [2.75, 3.05) is 6.54 Å². The summed E-state index contributed by atoms with van der Waals surface area (Å²) in [7, 11) is 0. The van der Waals surface area contributed by atoms with E-state index in [1.54, 1.807) is 27.6 Å². The number of fused-ring (bicyclic) bond motifs is 3. The normalized spacial score (nSPS) is 19.1. The molecule has 6 nitrogen and oxygen atoms in total. The maximum Gasteiger partial charge on any atom is 0.240 e. The van der Waals surface area contributed by atoms with Gasteiger partial charge in [-0.15, -0.1) is 22.7 Å². The highest BCUT2D eigenvalue weighted by Gasteiger charge is 2.34. The fourth-order valence-corrected chi connectivity index (χ4v) is 5.98. The van der Waals surface area contributed by atoms with Gasteiger partial charge in [0.1, 0.15) is 11.0 Å². The number of carbonyl (C=O) groups excluding carboxylic acids is 2. The molecule has 0 unspecified atom stereocenters. The Labute approximate surface area is 166 Å². The number of carbonyl (C=O) groups is 2. The molecule has 4 rings (SSSR count). The van der Waals surface area contributed by atoms with Crippen LogP contribution in [0.2, 0.25) is 0 Å². The predicted molar refractivity (Wildman–Crippen MR) is 107 cm³/mol. The zero-order chi connectivity index (χ0) is 19.3. The second-order valence-corrected chi connectivity index (χ2v) is 10.4. The quantitative estimate of drug-likeness (QED) is 0.852. The van der Waals surface area contributed by atoms with E-state index in [1.165, 1.54) is 4.88 Å². The fraction of sp³-hybridized carbons (Fsp3) is 0.579. The Morgan fingerprint density at radius 1 is 1.22 bits per heavy atom. The van der Waals surface area contributed by atoms with E-state index >= 15 is 0 Å². The van der Waals surface area contributed by atoms with Crippen LogP contribution >= 0.6 is 22.7 Å². The largest absolute Gasteiger partial charge is 0.368 e. The standard InChI is InChI=1S/C19H24N4O2S2/c1-19(2,3)18-22-15-12(26-18)7-6-10-16(15)27-13(21-10)9-14(24)23-8-4-5-11(23)17(20)25/h11H,4-9H2,1-3H3,(H2,20,25)/t11-/m0/s1. The molecule has 27 heavy (non-hydrogen) atoms. The minimum Gasteiger partial charge on any atom is -0.368 e. The molecule has 144 valence electrons. The van der Waals surface area contributed by atoms with Crippen LogP contribution in [0.5, 0.6) is 0 Å². The van der Waals surface area contributed by atoms with E-state index in [2.05, 4.69) is 20.8 Å². The summed E-state index contributed by atoms with van der Waals surface area (Å²) in [5.74, 6) is -0.475. The van der Waals surface area contributed by atoms with Crippen molar-refractivity contribution in [1.82, 2.24) is 14.9 Å². The molecule has 8 heteroatoms. The van der Waals surface area contributed by atoms with Gasteiger partial charge in [-0.05, 0) is 25.7 Å². The average molecular weight is 405 g/mol. The summed E-state index contributed by atoms with van der Waals surface area (Å²) in [6.45, 7) is 7.14. The number of nitrogens with zero attached hydrogens (tertiary/aromatic N) is 3. The molecule has 1 atom stereocenters. The van der Waals surface area contributed by atoms with E-state index in [1.807, 2.05) is 0 Å². The van der Waals surface area contributed by atoms with Crippen LogP contribution in [0.1, 0.15) is 54.2 Å². The molecule has 0 spiro atoms. The lowest BCUT2D eigenvalue weighted by Crippen LogP contribution is -2.44. The first-order valence-corrected chi connectivity index (χ1v) is 11.0. The third-order valence-corrected chi connectivity index (χ3v) is 7.73. The highest BCUT2D eigenvalue weighted by atomic mass is 32.1. The summed E-state index contributed by atoms with van der Waals surface area (Å²) < 4.78 is 0. The number of thiazole rings is 2. The Kier molecular flexibility index (Phi) is 4.58. The third kappa shape index (κ3) is 3.40. The summed E-state index contributed by atoms with van der Waals surface area (Å²) in [4.78, 5) is 37.9. The van der Waals surface area contributed by atoms with Crippen molar-refractivity contribution in [2.45, 2.75) is 64.3 Å². The lowest BCUT2D eigenvalue weighted by atomic mass is 9.98. The zero-order valence-corrected chi connectivity index (χ0v) is 17.5. The molecule has 2 aromatic heterocycles. The highest BCUT2D eigenvalue weighted by Crippen LogP contribution is 2.42. The van der Waals surface area contributed by atoms with E-state index in [9.17, 15) is 9.59 Å². The van der Waals surface area contributed by atoms with Crippen molar-refractivity contribution in [3.8, 4) is 10.6 Å². The summed E-state index contributed by atoms with van der Waals surface area (Å²) in [6, 6.07) is -0.466. The Bertz CT molecular complexity index is 909. The first-order valence-electron chi connectivity index (χ1n) is 9.32. The first-order chi connectivity index (χ1) is 12.7. The van der Waals surface area contributed by atoms with Crippen molar-refractivity contribution < 1.29 is 9.59 Å². The van der Waals surface area contributed by atoms with Gasteiger partial charge in [0.05, 0.1) is 27.7 Å². The molecule has 1 aliphatic heterocycles. The Morgan fingerprint density at radius 3 is 2.70 bits per heavy atom. The van der Waals surface area contributed by atoms with Gasteiger partial charge in [0.25, 0.3) is 0 Å². The molecule has 1 fully saturated rings. The van der Waals surface area contributed by atoms with Crippen LogP contribution in [0.15, 0.2) is 0 Å². The maximum atomic E-state index is 12.7. The summed E-state index contributed by atoms with van der Waals surface area (Å²) in [5, 5.41) is 1.95. The van der Waals surface area contributed by atoms with Crippen LogP contribution < -0.4 is 5.73 Å². The highest BCUT2D eigenvalue weighted by molar-refractivity contribution is 7.16. The van der Waals surface area contributed by atoms with Crippen LogP contribution in [-0.4, -0.2) is 39.3 Å². The summed E-state index contributed by atoms with van der Waals surface area (Å²) in [5.41, 5.74) is 7.57. The van der Waals surface area contributed by atoms with E-state index < -0.39 is 11.9 Å². The number of hydrogen-bond acceptors (Lipinski definition) is 6. The molecular formula is C19H24N4O2S2. The molecule has 3 heterocycles. The van der Waals surface area contributed by atoms with Crippen LogP contribution in [0.4, 0.5) is 0 Å². The maximum absolute atomic E-state index is 12.7. The van der Waals surface area contributed by atoms with Crippen LogP contribution in [0, 0.1) is 0 Å². The molecule has 1 saturated heterocycles. The number of aryl methyl sites for hydroxylation is 2. The minimum absolute atomic E-state index is 0.0329. The van der Waals surface area contributed by atoms with Gasteiger partial charge in [0.15, 0.2) is 0 Å². The molecule has 0 radical (unpaired) electrons. The SMILES string of the molecule is CC(C)(C)c1nc2c(s1)CCc1nc(CC(=O)N3CCC[C@H]3C(N)=O)sc1-2. The Balaban J connectivity index is 1.57. The van der Waals surface area contributed by atoms with Gasteiger partial charge in [0, 0.05) is 16.8 Å². The molecule has 0 saturated carbocycles. The molecular weight excluding hydrogens is 380 g/mol. The molecule has 0 bridgehead atoms. The molecule has 2 aromatic rings. The minimum atomic E-state index is -0.466. The van der Waals surface area contributed by atoms with Crippen molar-refractivity contribution in [1.29, 1.82) is 0 Å². The van der Waals surface area contributed by atoms with Gasteiger partial charge in [0.2, 0.25) is 11.8 Å². The first kappa shape index (κ1) is 18.6. The van der Waals surface area contributed by atoms with Gasteiger partial charge >= 0.3 is 0 Å². The van der Waals surface area contributed by atoms with Crippen molar-refractivity contribution in [3.63, 3.8) is 0 Å². The zero-order valence-electron chi connectivity index (χ0n) is 15.9. The summed E-state index contributed by atoms with van der Waals surface area (Å²) >= 11 is 3.36. The third-order valence-electron chi connectivity index (χ3n) is 5.09. The van der Waals surface area contributed by atoms with Gasteiger partial charge in [-0.2, -0.15) is 0 Å². The topological polar surface area (TPSA) is 89.2 Å². The number of aromatic nitrogens is 2. The van der Waals surface area contributed by atoms with E-state index in [0.29, 0.717) is 13.0 Å². The number of nitrogens with two attached hydrogens (primary N) is 1. The molecule has 2 aliphatic rings. The fourth-order valence-electron chi connectivity index (χ4n) is 3.67. The molecule has 2 amide bonds. The van der Waals surface area contributed by atoms with Crippen LogP contribution in [0.3, 0.4) is 0 Å². The lowest BCUT2D eigenvalue weighted by molar-refractivity contribution is -0.136. The van der Waals surface area contributed by atoms with Crippen molar-refractivity contribution in [2.24, 2.45) is 5.73 Å². The predicted octanol–water partition coefficient (Wildman–Crippen LogP) is 2.68. The lowest BCUT2D eigenvalue weighted by Gasteiger charge is -2.21. The Morgan fingerprint density at radius 2 is 2.00 bits per heavy atom. The van der Waals surface area contributed by atoms with Gasteiger partial charge in [-0.1, -0.05) is 20.8 Å².